The quantitative estimate of drug-likeness (QED) is 0.926. The number of piperidine rings is 1. The third-order valence-corrected chi connectivity index (χ3v) is 4.37. The van der Waals surface area contributed by atoms with Crippen LogP contribution in [-0.2, 0) is 13.1 Å². The summed E-state index contributed by atoms with van der Waals surface area (Å²) < 4.78 is 2.11. The number of fused-ring (bicyclic) bond motifs is 1. The minimum Gasteiger partial charge on any atom is -0.317 e. The number of aromatic nitrogens is 2. The SMILES string of the molecule is CCn1nc(CN(C)C2CCNCC2)c2ccccc21. The van der Waals surface area contributed by atoms with Crippen LogP contribution in [0, 0.1) is 0 Å². The maximum atomic E-state index is 4.80. The summed E-state index contributed by atoms with van der Waals surface area (Å²) in [4.78, 5) is 2.47. The Kier molecular flexibility index (Phi) is 4.03. The van der Waals surface area contributed by atoms with Gasteiger partial charge in [-0.2, -0.15) is 5.10 Å². The molecule has 0 amide bonds. The van der Waals surface area contributed by atoms with Gasteiger partial charge < -0.3 is 5.32 Å². The van der Waals surface area contributed by atoms with Crippen LogP contribution in [0.2, 0.25) is 0 Å². The number of hydrogen-bond donors (Lipinski definition) is 1. The van der Waals surface area contributed by atoms with Crippen LogP contribution in [0.3, 0.4) is 0 Å². The first-order chi connectivity index (χ1) is 9.79. The zero-order valence-electron chi connectivity index (χ0n) is 12.5. The predicted octanol–water partition coefficient (Wildman–Crippen LogP) is 2.24. The summed E-state index contributed by atoms with van der Waals surface area (Å²) in [5.74, 6) is 0. The van der Waals surface area contributed by atoms with Crippen LogP contribution in [0.5, 0.6) is 0 Å². The molecule has 20 heavy (non-hydrogen) atoms. The average Bonchev–Trinajstić information content (AvgIpc) is 2.86. The monoisotopic (exact) mass is 272 g/mol. The molecule has 0 unspecified atom stereocenters. The fraction of sp³-hybridized carbons (Fsp3) is 0.562. The van der Waals surface area contributed by atoms with Crippen molar-refractivity contribution in [2.24, 2.45) is 0 Å². The maximum absolute atomic E-state index is 4.80. The molecule has 0 atom stereocenters. The molecule has 4 heteroatoms. The standard InChI is InChI=1S/C16H24N4/c1-3-20-16-7-5-4-6-14(16)15(18-20)12-19(2)13-8-10-17-11-9-13/h4-7,13,17H,3,8-12H2,1-2H3. The second kappa shape index (κ2) is 5.94. The largest absolute Gasteiger partial charge is 0.317 e. The van der Waals surface area contributed by atoms with E-state index in [1.807, 2.05) is 0 Å². The first kappa shape index (κ1) is 13.6. The number of hydrogen-bond acceptors (Lipinski definition) is 3. The second-order valence-electron chi connectivity index (χ2n) is 5.68. The van der Waals surface area contributed by atoms with Crippen LogP contribution in [0.1, 0.15) is 25.5 Å². The molecule has 108 valence electrons. The highest BCUT2D eigenvalue weighted by Gasteiger charge is 2.19. The highest BCUT2D eigenvalue weighted by atomic mass is 15.3. The molecule has 4 nitrogen and oxygen atoms in total. The molecule has 3 rings (SSSR count). The maximum Gasteiger partial charge on any atom is 0.0843 e. The van der Waals surface area contributed by atoms with Gasteiger partial charge in [0.2, 0.25) is 0 Å². The molecule has 1 saturated heterocycles. The second-order valence-corrected chi connectivity index (χ2v) is 5.68. The normalized spacial score (nSPS) is 17.1. The summed E-state index contributed by atoms with van der Waals surface area (Å²) in [5, 5.41) is 9.53. The topological polar surface area (TPSA) is 33.1 Å². The van der Waals surface area contributed by atoms with E-state index in [9.17, 15) is 0 Å². The van der Waals surface area contributed by atoms with Gasteiger partial charge in [-0.05, 0) is 46.0 Å². The minimum atomic E-state index is 0.682. The molecule has 1 aromatic heterocycles. The number of para-hydroxylation sites is 1. The Balaban J connectivity index is 1.83. The third kappa shape index (κ3) is 2.58. The van der Waals surface area contributed by atoms with E-state index < -0.39 is 0 Å². The molecule has 1 N–H and O–H groups in total. The molecular formula is C16H24N4. The molecule has 1 aliphatic heterocycles. The lowest BCUT2D eigenvalue weighted by molar-refractivity contribution is 0.190. The Morgan fingerprint density at radius 2 is 2.05 bits per heavy atom. The number of benzene rings is 1. The van der Waals surface area contributed by atoms with Gasteiger partial charge in [-0.3, -0.25) is 9.58 Å². The van der Waals surface area contributed by atoms with Gasteiger partial charge in [0.25, 0.3) is 0 Å². The van der Waals surface area contributed by atoms with Gasteiger partial charge in [0, 0.05) is 24.5 Å². The predicted molar refractivity (Wildman–Crippen MR) is 82.8 cm³/mol. The Hall–Kier alpha value is -1.39. The van der Waals surface area contributed by atoms with Crippen molar-refractivity contribution in [3.63, 3.8) is 0 Å². The lowest BCUT2D eigenvalue weighted by Crippen LogP contribution is -2.40. The van der Waals surface area contributed by atoms with Gasteiger partial charge in [-0.25, -0.2) is 0 Å². The van der Waals surface area contributed by atoms with Crippen LogP contribution in [0.25, 0.3) is 10.9 Å². The highest BCUT2D eigenvalue weighted by Crippen LogP contribution is 2.21. The molecule has 1 fully saturated rings. The fourth-order valence-corrected chi connectivity index (χ4v) is 3.17. The van der Waals surface area contributed by atoms with Gasteiger partial charge in [0.1, 0.15) is 0 Å². The summed E-state index contributed by atoms with van der Waals surface area (Å²) in [6.45, 7) is 6.30. The molecule has 0 saturated carbocycles. The molecule has 0 aliphatic carbocycles. The zero-order valence-corrected chi connectivity index (χ0v) is 12.5. The lowest BCUT2D eigenvalue weighted by Gasteiger charge is -2.31. The Morgan fingerprint density at radius 1 is 1.30 bits per heavy atom. The van der Waals surface area contributed by atoms with Crippen LogP contribution in [-0.4, -0.2) is 40.9 Å². The number of aryl methyl sites for hydroxylation is 1. The van der Waals surface area contributed by atoms with E-state index in [0.29, 0.717) is 6.04 Å². The molecule has 0 radical (unpaired) electrons. The smallest absolute Gasteiger partial charge is 0.0843 e. The highest BCUT2D eigenvalue weighted by molar-refractivity contribution is 5.81. The number of nitrogens with zero attached hydrogens (tertiary/aromatic N) is 3. The van der Waals surface area contributed by atoms with Crippen LogP contribution >= 0.6 is 0 Å². The lowest BCUT2D eigenvalue weighted by atomic mass is 10.0. The van der Waals surface area contributed by atoms with E-state index in [4.69, 9.17) is 5.10 Å². The van der Waals surface area contributed by atoms with Crippen LogP contribution < -0.4 is 5.32 Å². The summed E-state index contributed by atoms with van der Waals surface area (Å²) in [6, 6.07) is 9.25. The van der Waals surface area contributed by atoms with E-state index in [-0.39, 0.29) is 0 Å². The van der Waals surface area contributed by atoms with E-state index in [2.05, 4.69) is 53.1 Å². The summed E-state index contributed by atoms with van der Waals surface area (Å²) in [7, 11) is 2.23. The zero-order chi connectivity index (χ0) is 13.9. The van der Waals surface area contributed by atoms with Gasteiger partial charge in [0.15, 0.2) is 0 Å². The van der Waals surface area contributed by atoms with Crippen molar-refractivity contribution in [1.82, 2.24) is 20.0 Å². The van der Waals surface area contributed by atoms with Crippen LogP contribution in [0.15, 0.2) is 24.3 Å². The molecule has 2 heterocycles. The summed E-state index contributed by atoms with van der Waals surface area (Å²) in [5.41, 5.74) is 2.46. The van der Waals surface area contributed by atoms with Gasteiger partial charge in [-0.15, -0.1) is 0 Å². The van der Waals surface area contributed by atoms with E-state index in [1.54, 1.807) is 0 Å². The Labute approximate surface area is 120 Å². The molecule has 1 aromatic carbocycles. The van der Waals surface area contributed by atoms with Crippen molar-refractivity contribution < 1.29 is 0 Å². The number of nitrogens with one attached hydrogen (secondary N) is 1. The van der Waals surface area contributed by atoms with Crippen molar-refractivity contribution in [1.29, 1.82) is 0 Å². The van der Waals surface area contributed by atoms with E-state index in [0.717, 1.165) is 26.2 Å². The molecule has 0 bridgehead atoms. The average molecular weight is 272 g/mol. The molecular weight excluding hydrogens is 248 g/mol. The van der Waals surface area contributed by atoms with E-state index in [1.165, 1.54) is 29.4 Å². The van der Waals surface area contributed by atoms with Gasteiger partial charge in [0.05, 0.1) is 11.2 Å². The van der Waals surface area contributed by atoms with Crippen molar-refractivity contribution in [3.05, 3.63) is 30.0 Å². The van der Waals surface area contributed by atoms with Crippen LogP contribution in [0.4, 0.5) is 0 Å². The first-order valence-corrected chi connectivity index (χ1v) is 7.65. The minimum absolute atomic E-state index is 0.682. The Bertz CT molecular complexity index is 569. The van der Waals surface area contributed by atoms with Crippen molar-refractivity contribution in [3.8, 4) is 0 Å². The van der Waals surface area contributed by atoms with Crippen molar-refractivity contribution >= 4 is 10.9 Å². The third-order valence-electron chi connectivity index (χ3n) is 4.37. The van der Waals surface area contributed by atoms with Crippen molar-refractivity contribution in [2.75, 3.05) is 20.1 Å². The molecule has 2 aromatic rings. The van der Waals surface area contributed by atoms with E-state index >= 15 is 0 Å². The molecule has 1 aliphatic rings. The van der Waals surface area contributed by atoms with Gasteiger partial charge in [-0.1, -0.05) is 18.2 Å². The molecule has 0 spiro atoms. The van der Waals surface area contributed by atoms with Crippen molar-refractivity contribution in [2.45, 2.75) is 38.9 Å². The van der Waals surface area contributed by atoms with Gasteiger partial charge >= 0.3 is 0 Å². The summed E-state index contributed by atoms with van der Waals surface area (Å²) in [6.07, 6.45) is 2.48. The first-order valence-electron chi connectivity index (χ1n) is 7.65. The Morgan fingerprint density at radius 3 is 2.80 bits per heavy atom. The fourth-order valence-electron chi connectivity index (χ4n) is 3.17. The number of rotatable bonds is 4. The summed E-state index contributed by atoms with van der Waals surface area (Å²) >= 11 is 0.